The van der Waals surface area contributed by atoms with Crippen LogP contribution in [0.4, 0.5) is 0 Å². The molecular formula is C32H42N2O2Si3. The number of hydrogen-bond acceptors (Lipinski definition) is 4. The maximum atomic E-state index is 7.58. The molecule has 4 nitrogen and oxygen atoms in total. The number of hydrogen-bond donors (Lipinski definition) is 2. The lowest BCUT2D eigenvalue weighted by atomic mass is 10.4. The van der Waals surface area contributed by atoms with Gasteiger partial charge in [-0.15, -0.1) is 0 Å². The highest BCUT2D eigenvalue weighted by Gasteiger charge is 2.50. The van der Waals surface area contributed by atoms with Crippen molar-refractivity contribution in [3.8, 4) is 0 Å². The first kappa shape index (κ1) is 29.4. The van der Waals surface area contributed by atoms with E-state index in [0.29, 0.717) is 13.1 Å². The second-order valence-corrected chi connectivity index (χ2v) is 21.6. The van der Waals surface area contributed by atoms with Crippen LogP contribution in [0, 0.1) is 0 Å². The van der Waals surface area contributed by atoms with Crippen molar-refractivity contribution in [3.63, 3.8) is 0 Å². The van der Waals surface area contributed by atoms with Crippen LogP contribution in [0.5, 0.6) is 0 Å². The van der Waals surface area contributed by atoms with Crippen LogP contribution in [0.1, 0.15) is 12.8 Å². The second kappa shape index (κ2) is 13.6. The number of rotatable bonds is 14. The van der Waals surface area contributed by atoms with Crippen molar-refractivity contribution < 1.29 is 8.23 Å². The third-order valence-electron chi connectivity index (χ3n) is 7.27. The fraction of sp³-hybridized carbons (Fsp3) is 0.250. The molecule has 0 saturated carbocycles. The van der Waals surface area contributed by atoms with Crippen LogP contribution in [0.2, 0.25) is 25.2 Å². The van der Waals surface area contributed by atoms with E-state index in [9.17, 15) is 0 Å². The summed E-state index contributed by atoms with van der Waals surface area (Å²) in [4.78, 5) is 0. The van der Waals surface area contributed by atoms with Crippen molar-refractivity contribution in [1.29, 1.82) is 0 Å². The van der Waals surface area contributed by atoms with Gasteiger partial charge in [-0.3, -0.25) is 0 Å². The van der Waals surface area contributed by atoms with Crippen LogP contribution < -0.4 is 32.2 Å². The van der Waals surface area contributed by atoms with E-state index in [1.54, 1.807) is 0 Å². The minimum atomic E-state index is -2.76. The average molecular weight is 571 g/mol. The summed E-state index contributed by atoms with van der Waals surface area (Å²) in [5.41, 5.74) is 12.2. The molecule has 4 N–H and O–H groups in total. The van der Waals surface area contributed by atoms with Gasteiger partial charge in [-0.05, 0) is 71.9 Å². The molecule has 4 aromatic carbocycles. The molecule has 0 aromatic heterocycles. The van der Waals surface area contributed by atoms with Gasteiger partial charge in [0.1, 0.15) is 0 Å². The summed E-state index contributed by atoms with van der Waals surface area (Å²) in [6, 6.07) is 44.9. The van der Waals surface area contributed by atoms with Crippen LogP contribution in [0.15, 0.2) is 121 Å². The molecule has 0 heterocycles. The summed E-state index contributed by atoms with van der Waals surface area (Å²) in [7, 11) is -8.13. The molecule has 4 aromatic rings. The minimum absolute atomic E-state index is 0.629. The lowest BCUT2D eigenvalue weighted by Gasteiger charge is -2.44. The predicted molar refractivity (Wildman–Crippen MR) is 172 cm³/mol. The van der Waals surface area contributed by atoms with E-state index in [4.69, 9.17) is 19.7 Å². The Hall–Kier alpha value is -2.63. The van der Waals surface area contributed by atoms with Gasteiger partial charge < -0.3 is 19.7 Å². The van der Waals surface area contributed by atoms with Gasteiger partial charge in [0.2, 0.25) is 16.6 Å². The quantitative estimate of drug-likeness (QED) is 0.225. The van der Waals surface area contributed by atoms with E-state index < -0.39 is 25.2 Å². The van der Waals surface area contributed by atoms with E-state index in [1.165, 1.54) is 20.7 Å². The Bertz CT molecular complexity index is 1080. The molecule has 0 spiro atoms. The molecule has 4 rings (SSSR count). The van der Waals surface area contributed by atoms with Crippen LogP contribution in [-0.2, 0) is 8.23 Å². The van der Waals surface area contributed by atoms with Crippen LogP contribution in [-0.4, -0.2) is 38.3 Å². The lowest BCUT2D eigenvalue weighted by Crippen LogP contribution is -2.70. The number of benzene rings is 4. The molecule has 0 saturated heterocycles. The molecule has 0 atom stereocenters. The summed E-state index contributed by atoms with van der Waals surface area (Å²) < 4.78 is 15.2. The van der Waals surface area contributed by atoms with E-state index in [-0.39, 0.29) is 0 Å². The molecule has 39 heavy (non-hydrogen) atoms. The zero-order valence-electron chi connectivity index (χ0n) is 23.3. The zero-order valence-corrected chi connectivity index (χ0v) is 26.3. The highest BCUT2D eigenvalue weighted by atomic mass is 28.5. The van der Waals surface area contributed by atoms with Gasteiger partial charge >= 0.3 is 8.56 Å². The van der Waals surface area contributed by atoms with Crippen molar-refractivity contribution in [3.05, 3.63) is 121 Å². The summed E-state index contributed by atoms with van der Waals surface area (Å²) in [5.74, 6) is 0. The van der Waals surface area contributed by atoms with E-state index in [2.05, 4.69) is 134 Å². The molecule has 204 valence electrons. The molecule has 0 unspecified atom stereocenters. The van der Waals surface area contributed by atoms with Crippen LogP contribution in [0.3, 0.4) is 0 Å². The van der Waals surface area contributed by atoms with E-state index in [1.807, 2.05) is 0 Å². The highest BCUT2D eigenvalue weighted by Crippen LogP contribution is 2.27. The predicted octanol–water partition coefficient (Wildman–Crippen LogP) is 3.94. The molecule has 0 amide bonds. The summed E-state index contributed by atoms with van der Waals surface area (Å²) >= 11 is 0. The maximum absolute atomic E-state index is 7.58. The molecule has 0 aliphatic heterocycles. The third-order valence-corrected chi connectivity index (χ3v) is 21.2. The van der Waals surface area contributed by atoms with E-state index >= 15 is 0 Å². The van der Waals surface area contributed by atoms with Gasteiger partial charge in [0, 0.05) is 0 Å². The second-order valence-electron chi connectivity index (χ2n) is 10.5. The average Bonchev–Trinajstić information content (AvgIpc) is 2.99. The van der Waals surface area contributed by atoms with Crippen LogP contribution >= 0.6 is 0 Å². The first-order valence-corrected chi connectivity index (χ1v) is 21.0. The Balaban J connectivity index is 1.85. The first-order chi connectivity index (χ1) is 19.0. The maximum Gasteiger partial charge on any atom is 0.312 e. The van der Waals surface area contributed by atoms with E-state index in [0.717, 1.165) is 24.9 Å². The lowest BCUT2D eigenvalue weighted by molar-refractivity contribution is 0.398. The van der Waals surface area contributed by atoms with Gasteiger partial charge in [0.25, 0.3) is 0 Å². The van der Waals surface area contributed by atoms with Gasteiger partial charge in [-0.1, -0.05) is 121 Å². The van der Waals surface area contributed by atoms with Crippen molar-refractivity contribution in [2.24, 2.45) is 11.5 Å². The minimum Gasteiger partial charge on any atom is -0.429 e. The molecule has 0 fully saturated rings. The largest absolute Gasteiger partial charge is 0.429 e. The molecule has 7 heteroatoms. The van der Waals surface area contributed by atoms with Gasteiger partial charge in [0.05, 0.1) is 0 Å². The summed E-state index contributed by atoms with van der Waals surface area (Å²) in [5, 5.41) is 5.06. The van der Waals surface area contributed by atoms with Crippen molar-refractivity contribution in [1.82, 2.24) is 0 Å². The zero-order chi connectivity index (χ0) is 27.6. The van der Waals surface area contributed by atoms with Gasteiger partial charge in [-0.25, -0.2) is 0 Å². The molecular weight excluding hydrogens is 529 g/mol. The Kier molecular flexibility index (Phi) is 10.3. The third kappa shape index (κ3) is 6.93. The summed E-state index contributed by atoms with van der Waals surface area (Å²) in [6.45, 7) is 5.73. The van der Waals surface area contributed by atoms with Gasteiger partial charge in [0.15, 0.2) is 0 Å². The topological polar surface area (TPSA) is 70.5 Å². The first-order valence-electron chi connectivity index (χ1n) is 14.0. The van der Waals surface area contributed by atoms with Crippen molar-refractivity contribution in [2.45, 2.75) is 38.0 Å². The molecule has 0 aliphatic rings. The smallest absolute Gasteiger partial charge is 0.312 e. The van der Waals surface area contributed by atoms with Gasteiger partial charge in [-0.2, -0.15) is 0 Å². The van der Waals surface area contributed by atoms with Crippen molar-refractivity contribution >= 4 is 45.9 Å². The Labute approximate surface area is 237 Å². The van der Waals surface area contributed by atoms with Crippen LogP contribution in [0.25, 0.3) is 0 Å². The fourth-order valence-electron chi connectivity index (χ4n) is 5.64. The SMILES string of the molecule is C[Si](C)(O[Si](CCCN)(c1ccccc1)c1ccccc1)O[Si](CCCN)(c1ccccc1)c1ccccc1. The molecule has 0 bridgehead atoms. The highest BCUT2D eigenvalue weighted by molar-refractivity contribution is 7.05. The van der Waals surface area contributed by atoms with Crippen molar-refractivity contribution in [2.75, 3.05) is 13.1 Å². The fourth-order valence-corrected chi connectivity index (χ4v) is 21.7. The Morgan fingerprint density at radius 2 is 0.718 bits per heavy atom. The standard InChI is InChI=1S/C32H42N2O2Si3/c1-37(2,35-38(27-15-25-33,29-17-7-3-8-18-29)30-19-9-4-10-20-30)36-39(28-16-26-34,31-21-11-5-12-22-31)32-23-13-6-14-24-32/h3-14,17-24H,15-16,25-28,33-34H2,1-2H3. The number of nitrogens with two attached hydrogens (primary N) is 2. The monoisotopic (exact) mass is 570 g/mol. The summed E-state index contributed by atoms with van der Waals surface area (Å²) in [6.07, 6.45) is 1.79. The molecule has 0 aliphatic carbocycles. The molecule has 0 radical (unpaired) electrons. The Morgan fingerprint density at radius 1 is 0.462 bits per heavy atom. The Morgan fingerprint density at radius 3 is 0.949 bits per heavy atom. The normalized spacial score (nSPS) is 12.4.